The van der Waals surface area contributed by atoms with Crippen LogP contribution in [-0.4, -0.2) is 140 Å². The topological polar surface area (TPSA) is 513 Å². The first-order valence-corrected chi connectivity index (χ1v) is 53.1. The van der Waals surface area contributed by atoms with Gasteiger partial charge in [0.2, 0.25) is 23.6 Å². The Balaban J connectivity index is 0.000000214. The molecule has 0 saturated heterocycles. The molecule has 37 heteroatoms. The predicted octanol–water partition coefficient (Wildman–Crippen LogP) is 17.2. The maximum absolute atomic E-state index is 13.4. The Morgan fingerprint density at radius 3 is 0.903 bits per heavy atom. The van der Waals surface area contributed by atoms with Crippen LogP contribution in [0.25, 0.3) is 43.9 Å². The molecule has 8 unspecified atom stereocenters. The number of aromatic nitrogens is 1. The largest absolute Gasteiger partial charge is 0.524 e. The molecular weight excluding hydrogens is 1920 g/mol. The number of hydrogen-bond acceptors (Lipinski definition) is 17. The summed E-state index contributed by atoms with van der Waals surface area (Å²) in [5.41, 5.74) is 8.83. The number of amides is 8. The minimum atomic E-state index is -4.68. The van der Waals surface area contributed by atoms with E-state index in [0.717, 1.165) is 69.6 Å². The van der Waals surface area contributed by atoms with E-state index >= 15 is 0 Å². The van der Waals surface area contributed by atoms with Crippen LogP contribution in [-0.2, 0) is 63.1 Å². The summed E-state index contributed by atoms with van der Waals surface area (Å²) in [6.45, 7) is 24.3. The van der Waals surface area contributed by atoms with Gasteiger partial charge < -0.3 is 60.6 Å². The lowest BCUT2D eigenvalue weighted by molar-refractivity contribution is -0.124. The van der Waals surface area contributed by atoms with E-state index in [-0.39, 0.29) is 114 Å². The average molecular weight is 2050 g/mol. The first kappa shape index (κ1) is 114. The van der Waals surface area contributed by atoms with Gasteiger partial charge in [0.1, 0.15) is 47.2 Å². The number of pyridine rings is 1. The molecule has 144 heavy (non-hydrogen) atoms. The summed E-state index contributed by atoms with van der Waals surface area (Å²) >= 11 is 0. The Labute approximate surface area is 838 Å². The van der Waals surface area contributed by atoms with Gasteiger partial charge in [-0.25, -0.2) is 18.3 Å². The number of rotatable bonds is 42. The van der Waals surface area contributed by atoms with Crippen LogP contribution < -0.4 is 60.6 Å². The van der Waals surface area contributed by atoms with E-state index in [1.165, 1.54) is 54.7 Å². The maximum Gasteiger partial charge on any atom is 0.524 e. The Bertz CT molecular complexity index is 6280. The molecule has 0 bridgehead atoms. The third-order valence-corrected chi connectivity index (χ3v) is 23.9. The molecule has 11 aromatic carbocycles. The highest BCUT2D eigenvalue weighted by molar-refractivity contribution is 7.47. The third kappa shape index (κ3) is 40.4. The molecule has 764 valence electrons. The smallest absolute Gasteiger partial charge is 0.404 e. The number of nitrogens with one attached hydrogen (secondary N) is 8. The Kier molecular flexibility index (Phi) is 43.1. The van der Waals surface area contributed by atoms with Gasteiger partial charge in [-0.2, -0.15) is 0 Å². The fraction of sp³-hybridized carbons (Fsp3) is 0.299. The van der Waals surface area contributed by atoms with Crippen molar-refractivity contribution in [3.63, 3.8) is 0 Å². The average Bonchev–Trinajstić information content (AvgIpc) is 0.830. The van der Waals surface area contributed by atoms with Gasteiger partial charge in [0.05, 0.1) is 11.1 Å². The van der Waals surface area contributed by atoms with Gasteiger partial charge in [-0.15, -0.1) is 0 Å². The summed E-state index contributed by atoms with van der Waals surface area (Å²) < 4.78 is 62.5. The van der Waals surface area contributed by atoms with Crippen LogP contribution in [0.2, 0.25) is 0 Å². The molecule has 0 saturated carbocycles. The van der Waals surface area contributed by atoms with Gasteiger partial charge in [-0.1, -0.05) is 243 Å². The highest BCUT2D eigenvalue weighted by Crippen LogP contribution is 2.41. The second kappa shape index (κ2) is 54.4. The number of nitrogens with zero attached hydrogens (tertiary/aromatic N) is 1. The lowest BCUT2D eigenvalue weighted by Gasteiger charge is -2.23. The monoisotopic (exact) mass is 2050 g/mol. The number of para-hydroxylation sites is 1. The molecule has 8 amide bonds. The molecule has 8 atom stereocenters. The summed E-state index contributed by atoms with van der Waals surface area (Å²) in [4.78, 5) is 181. The van der Waals surface area contributed by atoms with E-state index < -0.39 is 61.4 Å². The summed E-state index contributed by atoms with van der Waals surface area (Å²) in [5.74, 6) is -1.20. The lowest BCUT2D eigenvalue weighted by Crippen LogP contribution is -2.50. The highest BCUT2D eigenvalue weighted by atomic mass is 31.2. The van der Waals surface area contributed by atoms with Crippen molar-refractivity contribution >= 4 is 100 Å². The van der Waals surface area contributed by atoms with Crippen LogP contribution in [0.3, 0.4) is 0 Å². The number of phosphoric acid groups is 4. The van der Waals surface area contributed by atoms with Crippen molar-refractivity contribution in [2.75, 3.05) is 0 Å². The number of carbonyl (C=O) groups is 8. The maximum atomic E-state index is 13.4. The zero-order valence-corrected chi connectivity index (χ0v) is 85.6. The molecule has 33 nitrogen and oxygen atoms in total. The molecule has 0 aliphatic carbocycles. The summed E-state index contributed by atoms with van der Waals surface area (Å²) in [5, 5.41) is 26.1. The highest BCUT2D eigenvalue weighted by Gasteiger charge is 2.31. The van der Waals surface area contributed by atoms with Gasteiger partial charge >= 0.3 is 31.3 Å². The Morgan fingerprint density at radius 1 is 0.271 bits per heavy atom. The van der Waals surface area contributed by atoms with Crippen molar-refractivity contribution in [2.45, 2.75) is 183 Å². The second-order valence-corrected chi connectivity index (χ2v) is 41.5. The van der Waals surface area contributed by atoms with Crippen molar-refractivity contribution in [3.05, 3.63) is 330 Å². The van der Waals surface area contributed by atoms with Crippen LogP contribution in [0.4, 0.5) is 0 Å². The molecular formula is C107H127N9O24P4. The molecule has 0 spiro atoms. The van der Waals surface area contributed by atoms with Gasteiger partial charge in [0, 0.05) is 78.1 Å². The van der Waals surface area contributed by atoms with Crippen LogP contribution in [0.15, 0.2) is 285 Å². The molecule has 0 aliphatic heterocycles. The number of carbonyl (C=O) groups excluding carboxylic acids is 8. The summed E-state index contributed by atoms with van der Waals surface area (Å²) in [7, 11) is -18.7. The van der Waals surface area contributed by atoms with Crippen LogP contribution in [0.1, 0.15) is 172 Å². The fourth-order valence-electron chi connectivity index (χ4n) is 16.0. The molecule has 0 radical (unpaired) electrons. The standard InChI is InChI=1S/2C28H33N2O6P.C26H31N2O6P.C25H30N3O6P/c1-19(2)17-20(3)29-28(32)26(18-21-13-15-23(16-14-21)36-37(33,34)35)30-27(31)25-12-8-7-11-24(25)22-9-5-4-6-10-22;1-19(2)17-20(3)29-28(32)26(18-21-9-15-25(16-10-21)36-37(33,34)35)30-27(31)24-13-11-23(12-14-24)22-7-5-4-6-8-22;1-17(2)14-18(3)27-26(30)24(15-19-8-12-23(13-9-19)34-35(31,32)33)28-25(29)22-11-10-20-6-4-5-7-21(20)16-22;1-16(2)12-17(3)27-25(30)23(13-18-8-10-21(11-9-18)34-35(31,32)33)28-24(29)20-14-19-6-4-5-7-22(19)26-15-20/h2*4-16,19-20,26H,17-18H2,1-3H3,(H,29,32)(H,30,31)(H2,33,34,35);4-13,16-18,24H,14-15H2,1-3H3,(H,27,30)(H,28,29)(H2,31,32,33);4-11,14-17,23H,12-13H2,1-3H3,(H,27,30)(H,28,29)(H2,31,32,33). The second-order valence-electron chi connectivity index (χ2n) is 36.8. The molecule has 1 aromatic heterocycles. The minimum Gasteiger partial charge on any atom is -0.404 e. The molecule has 1 heterocycles. The first-order chi connectivity index (χ1) is 68.0. The Hall–Kier alpha value is -13.4. The van der Waals surface area contributed by atoms with Crippen molar-refractivity contribution < 1.29 is 114 Å². The number of fused-ring (bicyclic) bond motifs is 2. The van der Waals surface area contributed by atoms with Crippen molar-refractivity contribution in [1.82, 2.24) is 47.5 Å². The van der Waals surface area contributed by atoms with Gasteiger partial charge in [0.25, 0.3) is 23.6 Å². The van der Waals surface area contributed by atoms with Gasteiger partial charge in [0.15, 0.2) is 0 Å². The minimum absolute atomic E-state index is 0.0000795. The molecule has 12 aromatic rings. The number of hydrogen-bond donors (Lipinski definition) is 16. The van der Waals surface area contributed by atoms with Crippen molar-refractivity contribution in [3.8, 4) is 45.3 Å². The van der Waals surface area contributed by atoms with Crippen LogP contribution in [0, 0.1) is 23.7 Å². The molecule has 12 rings (SSSR count). The van der Waals surface area contributed by atoms with Crippen LogP contribution >= 0.6 is 31.3 Å². The fourth-order valence-corrected chi connectivity index (χ4v) is 17.6. The Morgan fingerprint density at radius 2 is 0.549 bits per heavy atom. The van der Waals surface area contributed by atoms with E-state index in [1.54, 1.807) is 91.0 Å². The molecule has 16 N–H and O–H groups in total. The summed E-state index contributed by atoms with van der Waals surface area (Å²) in [6.07, 6.45) is 5.36. The molecule has 0 aliphatic rings. The van der Waals surface area contributed by atoms with Gasteiger partial charge in [-0.3, -0.25) is 82.5 Å². The lowest BCUT2D eigenvalue weighted by atomic mass is 9.98. The zero-order valence-electron chi connectivity index (χ0n) is 82.1. The predicted molar refractivity (Wildman–Crippen MR) is 554 cm³/mol. The number of benzene rings is 11. The van der Waals surface area contributed by atoms with Crippen molar-refractivity contribution in [2.24, 2.45) is 23.7 Å². The number of phosphoric ester groups is 4. The summed E-state index contributed by atoms with van der Waals surface area (Å²) in [6, 6.07) is 76.3. The normalized spacial score (nSPS) is 13.2. The van der Waals surface area contributed by atoms with E-state index in [2.05, 4.69) is 121 Å². The first-order valence-electron chi connectivity index (χ1n) is 47.0. The van der Waals surface area contributed by atoms with Gasteiger partial charge in [-0.05, 0) is 223 Å². The van der Waals surface area contributed by atoms with Crippen LogP contribution in [0.5, 0.6) is 23.0 Å². The van der Waals surface area contributed by atoms with E-state index in [9.17, 15) is 56.6 Å². The van der Waals surface area contributed by atoms with E-state index in [1.807, 2.05) is 167 Å². The van der Waals surface area contributed by atoms with Crippen molar-refractivity contribution in [1.29, 1.82) is 0 Å². The van der Waals surface area contributed by atoms with E-state index in [4.69, 9.17) is 39.1 Å². The quantitative estimate of drug-likeness (QED) is 0.0158. The third-order valence-electron chi connectivity index (χ3n) is 22.1. The van der Waals surface area contributed by atoms with E-state index in [0.29, 0.717) is 68.2 Å². The zero-order chi connectivity index (χ0) is 105. The SMILES string of the molecule is CC(C)CC(C)NC(=O)C(Cc1ccc(OP(=O)(O)O)cc1)NC(=O)c1ccc(-c2ccccc2)cc1.CC(C)CC(C)NC(=O)C(Cc1ccc(OP(=O)(O)O)cc1)NC(=O)c1ccc2ccccc2c1.CC(C)CC(C)NC(=O)C(Cc1ccc(OP(=O)(O)O)cc1)NC(=O)c1ccccc1-c1ccccc1.CC(C)CC(C)NC(=O)C(Cc1ccc(OP(=O)(O)O)cc1)NC(=O)c1cnc2ccccc2c1. The molecule has 0 fully saturated rings.